The molecule has 0 radical (unpaired) electrons. The summed E-state index contributed by atoms with van der Waals surface area (Å²) in [4.78, 5) is 16.9. The number of rotatable bonds is 7. The van der Waals surface area contributed by atoms with E-state index < -0.39 is 0 Å². The lowest BCUT2D eigenvalue weighted by atomic mass is 9.91. The fourth-order valence-electron chi connectivity index (χ4n) is 3.46. The van der Waals surface area contributed by atoms with E-state index in [9.17, 15) is 4.79 Å². The highest BCUT2D eigenvalue weighted by Gasteiger charge is 2.21. The molecule has 2 N–H and O–H groups in total. The molecule has 1 heterocycles. The summed E-state index contributed by atoms with van der Waals surface area (Å²) in [5.74, 6) is 0.355. The van der Waals surface area contributed by atoms with E-state index in [4.69, 9.17) is 11.6 Å². The van der Waals surface area contributed by atoms with Crippen LogP contribution in [0.3, 0.4) is 0 Å². The Morgan fingerprint density at radius 3 is 2.48 bits per heavy atom. The van der Waals surface area contributed by atoms with E-state index in [0.717, 1.165) is 26.9 Å². The molecular formula is C24H21ClN2OS. The molecule has 3 nitrogen and oxygen atoms in total. The maximum absolute atomic E-state index is 12.5. The normalized spacial score (nSPS) is 12.0. The van der Waals surface area contributed by atoms with Gasteiger partial charge in [-0.05, 0) is 35.4 Å². The second-order valence-corrected chi connectivity index (χ2v) is 8.23. The third-order valence-corrected chi connectivity index (χ3v) is 6.25. The molecule has 1 amide bonds. The molecule has 3 aromatic carbocycles. The molecule has 0 unspecified atom stereocenters. The Morgan fingerprint density at radius 2 is 1.66 bits per heavy atom. The lowest BCUT2D eigenvalue weighted by Crippen LogP contribution is -2.30. The maximum atomic E-state index is 12.5. The van der Waals surface area contributed by atoms with Crippen LogP contribution in [0.2, 0.25) is 5.02 Å². The minimum Gasteiger partial charge on any atom is -0.361 e. The smallest absolute Gasteiger partial charge is 0.230 e. The minimum atomic E-state index is -0.0366. The number of benzene rings is 3. The summed E-state index contributed by atoms with van der Waals surface area (Å²) in [6.07, 6.45) is 2.02. The van der Waals surface area contributed by atoms with E-state index in [2.05, 4.69) is 22.4 Å². The average Bonchev–Trinajstić information content (AvgIpc) is 3.18. The number of hydrogen-bond acceptors (Lipinski definition) is 2. The molecule has 4 aromatic rings. The van der Waals surface area contributed by atoms with Crippen LogP contribution in [-0.4, -0.2) is 23.2 Å². The number of nitrogens with one attached hydrogen (secondary N) is 2. The first-order valence-corrected chi connectivity index (χ1v) is 10.8. The molecule has 0 aliphatic heterocycles. The van der Waals surface area contributed by atoms with Crippen molar-refractivity contribution < 1.29 is 4.79 Å². The monoisotopic (exact) mass is 420 g/mol. The van der Waals surface area contributed by atoms with Crippen LogP contribution in [0.4, 0.5) is 0 Å². The van der Waals surface area contributed by atoms with Crippen molar-refractivity contribution in [3.8, 4) is 0 Å². The Labute approximate surface area is 179 Å². The number of carbonyl (C=O) groups is 1. The van der Waals surface area contributed by atoms with E-state index in [0.29, 0.717) is 17.3 Å². The zero-order chi connectivity index (χ0) is 20.1. The number of fused-ring (bicyclic) bond motifs is 1. The highest BCUT2D eigenvalue weighted by Crippen LogP contribution is 2.34. The number of aromatic amines is 1. The standard InChI is InChI=1S/C24H21ClN2OS/c25-22-12-6-4-10-18(22)20(21-14-26-23-13-7-5-11-19(21)23)15-27-24(28)16-29-17-8-2-1-3-9-17/h1-14,20,26H,15-16H2,(H,27,28)/t20-/m0/s1. The number of aromatic nitrogens is 1. The molecule has 0 fully saturated rings. The highest BCUT2D eigenvalue weighted by atomic mass is 35.5. The molecule has 0 aliphatic carbocycles. The summed E-state index contributed by atoms with van der Waals surface area (Å²) in [5.41, 5.74) is 3.21. The Morgan fingerprint density at radius 1 is 0.931 bits per heavy atom. The van der Waals surface area contributed by atoms with Gasteiger partial charge in [-0.2, -0.15) is 0 Å². The van der Waals surface area contributed by atoms with E-state index in [1.807, 2.05) is 72.9 Å². The molecule has 0 aliphatic rings. The Balaban J connectivity index is 1.53. The number of thioether (sulfide) groups is 1. The van der Waals surface area contributed by atoms with Crippen LogP contribution in [0.5, 0.6) is 0 Å². The van der Waals surface area contributed by atoms with Crippen molar-refractivity contribution in [2.45, 2.75) is 10.8 Å². The van der Waals surface area contributed by atoms with Gasteiger partial charge in [-0.1, -0.05) is 66.2 Å². The van der Waals surface area contributed by atoms with Gasteiger partial charge in [0.15, 0.2) is 0 Å². The van der Waals surface area contributed by atoms with Gasteiger partial charge in [0, 0.05) is 39.5 Å². The Kier molecular flexibility index (Phi) is 6.23. The Bertz CT molecular complexity index is 1110. The zero-order valence-corrected chi connectivity index (χ0v) is 17.3. The van der Waals surface area contributed by atoms with Gasteiger partial charge < -0.3 is 10.3 Å². The fraction of sp³-hybridized carbons (Fsp3) is 0.125. The highest BCUT2D eigenvalue weighted by molar-refractivity contribution is 8.00. The summed E-state index contributed by atoms with van der Waals surface area (Å²) in [5, 5.41) is 4.95. The van der Waals surface area contributed by atoms with Crippen molar-refractivity contribution in [1.29, 1.82) is 0 Å². The first kappa shape index (κ1) is 19.6. The molecule has 4 rings (SSSR count). The largest absolute Gasteiger partial charge is 0.361 e. The van der Waals surface area contributed by atoms with Crippen LogP contribution in [0.25, 0.3) is 10.9 Å². The summed E-state index contributed by atoms with van der Waals surface area (Å²) in [7, 11) is 0. The fourth-order valence-corrected chi connectivity index (χ4v) is 4.48. The molecule has 0 saturated carbocycles. The van der Waals surface area contributed by atoms with Crippen molar-refractivity contribution in [3.63, 3.8) is 0 Å². The van der Waals surface area contributed by atoms with E-state index in [1.165, 1.54) is 11.8 Å². The first-order valence-electron chi connectivity index (χ1n) is 9.47. The van der Waals surface area contributed by atoms with Gasteiger partial charge in [0.1, 0.15) is 0 Å². The van der Waals surface area contributed by atoms with Crippen molar-refractivity contribution in [2.24, 2.45) is 0 Å². The lowest BCUT2D eigenvalue weighted by Gasteiger charge is -2.19. The second kappa shape index (κ2) is 9.21. The zero-order valence-electron chi connectivity index (χ0n) is 15.8. The Hall–Kier alpha value is -2.69. The topological polar surface area (TPSA) is 44.9 Å². The third-order valence-electron chi connectivity index (χ3n) is 4.89. The number of halogens is 1. The van der Waals surface area contributed by atoms with Crippen LogP contribution >= 0.6 is 23.4 Å². The summed E-state index contributed by atoms with van der Waals surface area (Å²) in [6, 6.07) is 26.0. The summed E-state index contributed by atoms with van der Waals surface area (Å²) < 4.78 is 0. The molecule has 0 spiro atoms. The number of hydrogen-bond donors (Lipinski definition) is 2. The average molecular weight is 421 g/mol. The number of para-hydroxylation sites is 1. The van der Waals surface area contributed by atoms with Crippen LogP contribution in [-0.2, 0) is 4.79 Å². The summed E-state index contributed by atoms with van der Waals surface area (Å²) >= 11 is 8.05. The number of carbonyl (C=O) groups excluding carboxylic acids is 1. The summed E-state index contributed by atoms with van der Waals surface area (Å²) in [6.45, 7) is 0.486. The van der Waals surface area contributed by atoms with Gasteiger partial charge in [0.05, 0.1) is 5.75 Å². The predicted octanol–water partition coefficient (Wildman–Crippen LogP) is 5.86. The van der Waals surface area contributed by atoms with Crippen molar-refractivity contribution in [3.05, 3.63) is 101 Å². The number of amides is 1. The van der Waals surface area contributed by atoms with E-state index in [-0.39, 0.29) is 11.8 Å². The molecule has 146 valence electrons. The molecular weight excluding hydrogens is 400 g/mol. The van der Waals surface area contributed by atoms with Crippen LogP contribution < -0.4 is 5.32 Å². The van der Waals surface area contributed by atoms with Crippen molar-refractivity contribution in [1.82, 2.24) is 10.3 Å². The first-order chi connectivity index (χ1) is 14.2. The van der Waals surface area contributed by atoms with Gasteiger partial charge in [-0.25, -0.2) is 0 Å². The van der Waals surface area contributed by atoms with Crippen LogP contribution in [0.15, 0.2) is 90.0 Å². The van der Waals surface area contributed by atoms with Crippen LogP contribution in [0, 0.1) is 0 Å². The number of H-pyrrole nitrogens is 1. The van der Waals surface area contributed by atoms with Gasteiger partial charge in [-0.15, -0.1) is 11.8 Å². The van der Waals surface area contributed by atoms with Gasteiger partial charge in [0.25, 0.3) is 0 Å². The molecule has 29 heavy (non-hydrogen) atoms. The van der Waals surface area contributed by atoms with Gasteiger partial charge >= 0.3 is 0 Å². The quantitative estimate of drug-likeness (QED) is 0.368. The molecule has 0 saturated heterocycles. The second-order valence-electron chi connectivity index (χ2n) is 6.77. The van der Waals surface area contributed by atoms with Gasteiger partial charge in [-0.3, -0.25) is 4.79 Å². The van der Waals surface area contributed by atoms with E-state index in [1.54, 1.807) is 0 Å². The van der Waals surface area contributed by atoms with Crippen molar-refractivity contribution >= 4 is 40.2 Å². The molecule has 0 bridgehead atoms. The van der Waals surface area contributed by atoms with E-state index >= 15 is 0 Å². The van der Waals surface area contributed by atoms with Crippen molar-refractivity contribution in [2.75, 3.05) is 12.3 Å². The molecule has 1 aromatic heterocycles. The SMILES string of the molecule is O=C(CSc1ccccc1)NC[C@@H](c1ccccc1Cl)c1c[nH]c2ccccc12. The predicted molar refractivity (Wildman–Crippen MR) is 122 cm³/mol. The van der Waals surface area contributed by atoms with Crippen LogP contribution in [0.1, 0.15) is 17.0 Å². The lowest BCUT2D eigenvalue weighted by molar-refractivity contribution is -0.118. The van der Waals surface area contributed by atoms with Gasteiger partial charge in [0.2, 0.25) is 5.91 Å². The maximum Gasteiger partial charge on any atom is 0.230 e. The molecule has 5 heteroatoms. The molecule has 1 atom stereocenters. The third kappa shape index (κ3) is 4.66. The minimum absolute atomic E-state index is 0.00995.